The number of carbonyl (C=O) groups is 2. The first-order valence-corrected chi connectivity index (χ1v) is 10.7. The first-order valence-electron chi connectivity index (χ1n) is 10.3. The zero-order valence-electron chi connectivity index (χ0n) is 18.7. The lowest BCUT2D eigenvalue weighted by atomic mass is 9.93. The number of aliphatic hydroxyl groups is 1. The number of aromatic hydroxyl groups is 1. The number of benzene rings is 3. The van der Waals surface area contributed by atoms with Crippen LogP contribution in [0.5, 0.6) is 17.2 Å². The second-order valence-corrected chi connectivity index (χ2v) is 8.19. The SMILES string of the molecule is COc1ccc(/C(O)=C2/C(=O)C(=O)N(c3ccc(Cl)cc3)C2c2ccc(OC)c(O)c2)c(C)c1. The van der Waals surface area contributed by atoms with Gasteiger partial charge in [0.05, 0.1) is 25.8 Å². The summed E-state index contributed by atoms with van der Waals surface area (Å²) >= 11 is 6.02. The van der Waals surface area contributed by atoms with Crippen LogP contribution in [-0.4, -0.2) is 36.1 Å². The average Bonchev–Trinajstić information content (AvgIpc) is 3.09. The second kappa shape index (κ2) is 9.11. The monoisotopic (exact) mass is 479 g/mol. The van der Waals surface area contributed by atoms with E-state index in [1.807, 2.05) is 0 Å². The molecule has 4 rings (SSSR count). The summed E-state index contributed by atoms with van der Waals surface area (Å²) in [7, 11) is 2.95. The van der Waals surface area contributed by atoms with E-state index >= 15 is 0 Å². The second-order valence-electron chi connectivity index (χ2n) is 7.76. The van der Waals surface area contributed by atoms with Gasteiger partial charge >= 0.3 is 0 Å². The number of Topliss-reactive ketones (excluding diaryl/α,β-unsaturated/α-hetero) is 1. The molecule has 34 heavy (non-hydrogen) atoms. The van der Waals surface area contributed by atoms with E-state index in [0.717, 1.165) is 0 Å². The Bertz CT molecular complexity index is 1320. The molecule has 1 aliphatic rings. The minimum Gasteiger partial charge on any atom is -0.507 e. The van der Waals surface area contributed by atoms with Crippen molar-refractivity contribution in [3.63, 3.8) is 0 Å². The van der Waals surface area contributed by atoms with Gasteiger partial charge in [0.1, 0.15) is 11.5 Å². The number of ether oxygens (including phenoxy) is 2. The van der Waals surface area contributed by atoms with Crippen molar-refractivity contribution >= 4 is 34.7 Å². The van der Waals surface area contributed by atoms with E-state index in [-0.39, 0.29) is 22.8 Å². The van der Waals surface area contributed by atoms with Gasteiger partial charge in [-0.1, -0.05) is 17.7 Å². The Morgan fingerprint density at radius 3 is 2.26 bits per heavy atom. The number of phenolic OH excluding ortho intramolecular Hbond substituents is 1. The Morgan fingerprint density at radius 2 is 1.68 bits per heavy atom. The van der Waals surface area contributed by atoms with E-state index in [9.17, 15) is 19.8 Å². The zero-order chi connectivity index (χ0) is 24.6. The van der Waals surface area contributed by atoms with Gasteiger partial charge in [-0.2, -0.15) is 0 Å². The number of hydrogen-bond acceptors (Lipinski definition) is 6. The fourth-order valence-electron chi connectivity index (χ4n) is 4.07. The average molecular weight is 480 g/mol. The number of aryl methyl sites for hydroxylation is 1. The molecule has 0 bridgehead atoms. The van der Waals surface area contributed by atoms with Gasteiger partial charge in [-0.15, -0.1) is 0 Å². The van der Waals surface area contributed by atoms with E-state index in [1.54, 1.807) is 55.5 Å². The highest BCUT2D eigenvalue weighted by Gasteiger charge is 2.47. The molecule has 3 aromatic rings. The van der Waals surface area contributed by atoms with Gasteiger partial charge in [0.25, 0.3) is 11.7 Å². The van der Waals surface area contributed by atoms with Gasteiger partial charge < -0.3 is 19.7 Å². The smallest absolute Gasteiger partial charge is 0.300 e. The van der Waals surface area contributed by atoms with Crippen molar-refractivity contribution < 1.29 is 29.3 Å². The number of amides is 1. The number of nitrogens with zero attached hydrogens (tertiary/aromatic N) is 1. The molecule has 1 saturated heterocycles. The third-order valence-electron chi connectivity index (χ3n) is 5.76. The number of anilines is 1. The van der Waals surface area contributed by atoms with Crippen LogP contribution in [0.1, 0.15) is 22.7 Å². The van der Waals surface area contributed by atoms with Crippen molar-refractivity contribution in [3.8, 4) is 17.2 Å². The van der Waals surface area contributed by atoms with E-state index in [1.165, 1.54) is 31.3 Å². The Hall–Kier alpha value is -3.97. The lowest BCUT2D eigenvalue weighted by Crippen LogP contribution is -2.29. The molecule has 3 aromatic carbocycles. The zero-order valence-corrected chi connectivity index (χ0v) is 19.5. The molecule has 0 saturated carbocycles. The number of aliphatic hydroxyl groups excluding tert-OH is 1. The Labute approximate surface area is 201 Å². The summed E-state index contributed by atoms with van der Waals surface area (Å²) in [4.78, 5) is 27.7. The van der Waals surface area contributed by atoms with Gasteiger partial charge in [0.2, 0.25) is 0 Å². The maximum absolute atomic E-state index is 13.2. The molecule has 1 fully saturated rings. The normalized spacial score (nSPS) is 17.2. The first-order chi connectivity index (χ1) is 16.3. The van der Waals surface area contributed by atoms with Crippen molar-refractivity contribution in [2.75, 3.05) is 19.1 Å². The molecular formula is C26H22ClNO6. The molecule has 1 amide bonds. The quantitative estimate of drug-likeness (QED) is 0.304. The Morgan fingerprint density at radius 1 is 0.971 bits per heavy atom. The highest BCUT2D eigenvalue weighted by Crippen LogP contribution is 2.44. The number of carbonyl (C=O) groups excluding carboxylic acids is 2. The molecule has 2 N–H and O–H groups in total. The number of phenols is 1. The lowest BCUT2D eigenvalue weighted by molar-refractivity contribution is -0.132. The number of ketones is 1. The number of methoxy groups -OCH3 is 2. The van der Waals surface area contributed by atoms with Gasteiger partial charge in [-0.05, 0) is 72.6 Å². The molecule has 1 aliphatic heterocycles. The highest BCUT2D eigenvalue weighted by molar-refractivity contribution is 6.51. The Balaban J connectivity index is 1.96. The molecular weight excluding hydrogens is 458 g/mol. The van der Waals surface area contributed by atoms with Crippen LogP contribution in [0.3, 0.4) is 0 Å². The van der Waals surface area contributed by atoms with E-state index < -0.39 is 17.7 Å². The maximum Gasteiger partial charge on any atom is 0.300 e. The minimum absolute atomic E-state index is 0.0993. The molecule has 0 aliphatic carbocycles. The van der Waals surface area contributed by atoms with Crippen LogP contribution in [0, 0.1) is 6.92 Å². The van der Waals surface area contributed by atoms with Crippen LogP contribution < -0.4 is 14.4 Å². The van der Waals surface area contributed by atoms with Crippen molar-refractivity contribution in [2.24, 2.45) is 0 Å². The topological polar surface area (TPSA) is 96.3 Å². The number of hydrogen-bond donors (Lipinski definition) is 2. The van der Waals surface area contributed by atoms with Gasteiger partial charge in [0, 0.05) is 16.3 Å². The minimum atomic E-state index is -1.00. The summed E-state index contributed by atoms with van der Waals surface area (Å²) in [5.41, 5.74) is 1.78. The van der Waals surface area contributed by atoms with Crippen LogP contribution in [0.4, 0.5) is 5.69 Å². The summed E-state index contributed by atoms with van der Waals surface area (Å²) in [5.74, 6) is -1.32. The lowest BCUT2D eigenvalue weighted by Gasteiger charge is -2.26. The van der Waals surface area contributed by atoms with E-state index in [0.29, 0.717) is 33.1 Å². The van der Waals surface area contributed by atoms with Crippen LogP contribution in [0.15, 0.2) is 66.2 Å². The Kier molecular flexibility index (Phi) is 6.22. The van der Waals surface area contributed by atoms with Crippen molar-refractivity contribution in [3.05, 3.63) is 87.9 Å². The summed E-state index contributed by atoms with van der Waals surface area (Å²) in [6.45, 7) is 1.76. The molecule has 1 atom stereocenters. The third-order valence-corrected chi connectivity index (χ3v) is 6.01. The molecule has 174 valence electrons. The first kappa shape index (κ1) is 23.2. The van der Waals surface area contributed by atoms with Crippen LogP contribution in [0.2, 0.25) is 5.02 Å². The van der Waals surface area contributed by atoms with Crippen LogP contribution in [0.25, 0.3) is 5.76 Å². The predicted molar refractivity (Wildman–Crippen MR) is 129 cm³/mol. The van der Waals surface area contributed by atoms with Crippen molar-refractivity contribution in [1.82, 2.24) is 0 Å². The maximum atomic E-state index is 13.2. The molecule has 1 unspecified atom stereocenters. The molecule has 1 heterocycles. The molecule has 0 spiro atoms. The molecule has 0 aromatic heterocycles. The summed E-state index contributed by atoms with van der Waals surface area (Å²) in [6.07, 6.45) is 0. The third kappa shape index (κ3) is 3.95. The standard InChI is InChI=1S/C26H22ClNO6/c1-14-12-18(33-2)9-10-19(14)24(30)22-23(15-4-11-21(34-3)20(29)13-15)28(26(32)25(22)31)17-7-5-16(27)6-8-17/h4-13,23,29-30H,1-3H3/b24-22-. The summed E-state index contributed by atoms with van der Waals surface area (Å²) in [6, 6.07) is 15.0. The summed E-state index contributed by atoms with van der Waals surface area (Å²) < 4.78 is 10.4. The van der Waals surface area contributed by atoms with E-state index in [2.05, 4.69) is 0 Å². The van der Waals surface area contributed by atoms with Crippen LogP contribution in [-0.2, 0) is 9.59 Å². The molecule has 8 heteroatoms. The predicted octanol–water partition coefficient (Wildman–Crippen LogP) is 5.00. The van der Waals surface area contributed by atoms with E-state index in [4.69, 9.17) is 21.1 Å². The van der Waals surface area contributed by atoms with Gasteiger partial charge in [-0.25, -0.2) is 0 Å². The number of rotatable bonds is 5. The van der Waals surface area contributed by atoms with Gasteiger partial charge in [-0.3, -0.25) is 14.5 Å². The fourth-order valence-corrected chi connectivity index (χ4v) is 4.19. The van der Waals surface area contributed by atoms with Crippen molar-refractivity contribution in [2.45, 2.75) is 13.0 Å². The fraction of sp³-hybridized carbons (Fsp3) is 0.154. The largest absolute Gasteiger partial charge is 0.507 e. The molecule has 0 radical (unpaired) electrons. The van der Waals surface area contributed by atoms with Crippen LogP contribution >= 0.6 is 11.6 Å². The van der Waals surface area contributed by atoms with Gasteiger partial charge in [0.15, 0.2) is 11.5 Å². The highest BCUT2D eigenvalue weighted by atomic mass is 35.5. The summed E-state index contributed by atoms with van der Waals surface area (Å²) in [5, 5.41) is 22.2. The molecule has 7 nitrogen and oxygen atoms in total. The number of halogens is 1. The van der Waals surface area contributed by atoms with Crippen molar-refractivity contribution in [1.29, 1.82) is 0 Å².